The first-order valence-corrected chi connectivity index (χ1v) is 11.3. The molecule has 0 aliphatic rings. The predicted molar refractivity (Wildman–Crippen MR) is 120 cm³/mol. The number of thioether (sulfide) groups is 2. The molecule has 6 heteroatoms. The van der Waals surface area contributed by atoms with Crippen LogP contribution in [0.4, 0.5) is 0 Å². The van der Waals surface area contributed by atoms with Gasteiger partial charge in [-0.1, -0.05) is 72.2 Å². The normalized spacial score (nSPS) is 10.5. The molecule has 0 aromatic heterocycles. The van der Waals surface area contributed by atoms with Gasteiger partial charge in [-0.05, 0) is 38.8 Å². The van der Waals surface area contributed by atoms with Gasteiger partial charge in [-0.3, -0.25) is 0 Å². The summed E-state index contributed by atoms with van der Waals surface area (Å²) in [6.07, 6.45) is 0. The molecule has 0 amide bonds. The van der Waals surface area contributed by atoms with Crippen LogP contribution in [-0.2, 0) is 11.5 Å². The van der Waals surface area contributed by atoms with Gasteiger partial charge in [0.25, 0.3) is 0 Å². The maximum atomic E-state index is 5.48. The number of hydrogen-bond acceptors (Lipinski definition) is 4. The van der Waals surface area contributed by atoms with Crippen molar-refractivity contribution in [2.45, 2.75) is 39.2 Å². The smallest absolute Gasteiger partial charge is 0.136 e. The Morgan fingerprint density at radius 1 is 0.708 bits per heavy atom. The van der Waals surface area contributed by atoms with Gasteiger partial charge in [-0.15, -0.1) is 0 Å². The van der Waals surface area contributed by atoms with Gasteiger partial charge in [-0.2, -0.15) is 0 Å². The zero-order valence-corrected chi connectivity index (χ0v) is 18.3. The summed E-state index contributed by atoms with van der Waals surface area (Å²) in [5, 5.41) is 0. The Bertz CT molecular complexity index is 461. The molecule has 0 aliphatic heterocycles. The van der Waals surface area contributed by atoms with Crippen LogP contribution in [0.3, 0.4) is 0 Å². The van der Waals surface area contributed by atoms with Crippen molar-refractivity contribution in [1.82, 2.24) is 9.80 Å². The van der Waals surface area contributed by atoms with E-state index in [9.17, 15) is 0 Å². The third-order valence-corrected chi connectivity index (χ3v) is 6.98. The van der Waals surface area contributed by atoms with Crippen molar-refractivity contribution in [3.63, 3.8) is 0 Å². The van der Waals surface area contributed by atoms with E-state index in [1.54, 1.807) is 23.5 Å². The third-order valence-electron chi connectivity index (χ3n) is 3.79. The molecule has 1 aromatic rings. The fourth-order valence-electron chi connectivity index (χ4n) is 2.17. The molecule has 2 nitrogen and oxygen atoms in total. The lowest BCUT2D eigenvalue weighted by Crippen LogP contribution is -2.26. The number of hydrogen-bond donors (Lipinski definition) is 0. The van der Waals surface area contributed by atoms with Crippen LogP contribution in [0.5, 0.6) is 0 Å². The number of nitrogens with zero attached hydrogens (tertiary/aromatic N) is 2. The Kier molecular flexibility index (Phi) is 11.0. The molecular formula is C18H28N2S4. The van der Waals surface area contributed by atoms with E-state index in [-0.39, 0.29) is 0 Å². The van der Waals surface area contributed by atoms with E-state index in [4.69, 9.17) is 24.4 Å². The second-order valence-corrected chi connectivity index (χ2v) is 8.49. The maximum absolute atomic E-state index is 5.48. The Morgan fingerprint density at radius 3 is 1.25 bits per heavy atom. The van der Waals surface area contributed by atoms with Gasteiger partial charge in [0.15, 0.2) is 0 Å². The molecule has 0 fully saturated rings. The Hall–Kier alpha value is -0.300. The van der Waals surface area contributed by atoms with Gasteiger partial charge < -0.3 is 9.80 Å². The van der Waals surface area contributed by atoms with Crippen molar-refractivity contribution in [2.75, 3.05) is 26.2 Å². The van der Waals surface area contributed by atoms with E-state index < -0.39 is 0 Å². The quantitative estimate of drug-likeness (QED) is 0.535. The molecule has 1 rings (SSSR count). The minimum atomic E-state index is 0.931. The minimum absolute atomic E-state index is 0.931. The molecular weight excluding hydrogens is 372 g/mol. The average Bonchev–Trinajstić information content (AvgIpc) is 2.61. The van der Waals surface area contributed by atoms with Gasteiger partial charge in [-0.25, -0.2) is 0 Å². The summed E-state index contributed by atoms with van der Waals surface area (Å²) in [6.45, 7) is 12.5. The average molecular weight is 401 g/mol. The standard InChI is InChI=1S/C18H28N2S4/c1-5-19(6-2)17(21)23-13-15-9-11-16(12-10-15)14-24-18(22)20(7-3)8-4/h9-12H,5-8,13-14H2,1-4H3. The van der Waals surface area contributed by atoms with Crippen molar-refractivity contribution < 1.29 is 0 Å². The van der Waals surface area contributed by atoms with E-state index in [1.165, 1.54) is 11.1 Å². The highest BCUT2D eigenvalue weighted by Gasteiger charge is 2.08. The second kappa shape index (κ2) is 12.1. The summed E-state index contributed by atoms with van der Waals surface area (Å²) >= 11 is 14.5. The molecule has 0 saturated heterocycles. The predicted octanol–water partition coefficient (Wildman–Crippen LogP) is 5.41. The number of benzene rings is 1. The second-order valence-electron chi connectivity index (χ2n) is 5.27. The Labute approximate surface area is 166 Å². The summed E-state index contributed by atoms with van der Waals surface area (Å²) in [5.41, 5.74) is 2.63. The molecule has 0 unspecified atom stereocenters. The molecule has 0 saturated carbocycles. The van der Waals surface area contributed by atoms with Gasteiger partial charge in [0.2, 0.25) is 0 Å². The lowest BCUT2D eigenvalue weighted by molar-refractivity contribution is 0.482. The lowest BCUT2D eigenvalue weighted by Gasteiger charge is -2.21. The third kappa shape index (κ3) is 7.30. The van der Waals surface area contributed by atoms with Crippen LogP contribution in [-0.4, -0.2) is 44.6 Å². The highest BCUT2D eigenvalue weighted by atomic mass is 32.2. The highest BCUT2D eigenvalue weighted by Crippen LogP contribution is 2.20. The molecule has 24 heavy (non-hydrogen) atoms. The summed E-state index contributed by atoms with van der Waals surface area (Å²) in [4.78, 5) is 4.44. The van der Waals surface area contributed by atoms with Gasteiger partial charge >= 0.3 is 0 Å². The van der Waals surface area contributed by atoms with Crippen molar-refractivity contribution in [3.8, 4) is 0 Å². The van der Waals surface area contributed by atoms with Crippen LogP contribution in [0, 0.1) is 0 Å². The van der Waals surface area contributed by atoms with Crippen molar-refractivity contribution in [3.05, 3.63) is 35.4 Å². The summed E-state index contributed by atoms with van der Waals surface area (Å²) in [7, 11) is 0. The minimum Gasteiger partial charge on any atom is -0.358 e. The van der Waals surface area contributed by atoms with Crippen LogP contribution in [0.2, 0.25) is 0 Å². The maximum Gasteiger partial charge on any atom is 0.136 e. The van der Waals surface area contributed by atoms with Gasteiger partial charge in [0.05, 0.1) is 0 Å². The first-order valence-electron chi connectivity index (χ1n) is 8.46. The molecule has 0 atom stereocenters. The van der Waals surface area contributed by atoms with Crippen molar-refractivity contribution in [2.24, 2.45) is 0 Å². The molecule has 134 valence electrons. The van der Waals surface area contributed by atoms with Crippen LogP contribution < -0.4 is 0 Å². The van der Waals surface area contributed by atoms with Crippen LogP contribution in [0.25, 0.3) is 0 Å². The first kappa shape index (κ1) is 21.7. The topological polar surface area (TPSA) is 6.48 Å². The molecule has 0 aliphatic carbocycles. The van der Waals surface area contributed by atoms with E-state index in [1.807, 2.05) is 0 Å². The van der Waals surface area contributed by atoms with Gasteiger partial charge in [0, 0.05) is 37.7 Å². The highest BCUT2D eigenvalue weighted by molar-refractivity contribution is 8.22. The van der Waals surface area contributed by atoms with Crippen LogP contribution >= 0.6 is 48.0 Å². The van der Waals surface area contributed by atoms with E-state index in [0.717, 1.165) is 46.3 Å². The molecule has 0 radical (unpaired) electrons. The Balaban J connectivity index is 2.46. The summed E-state index contributed by atoms with van der Waals surface area (Å²) in [5.74, 6) is 1.86. The molecule has 0 spiro atoms. The zero-order chi connectivity index (χ0) is 17.9. The van der Waals surface area contributed by atoms with Gasteiger partial charge in [0.1, 0.15) is 8.64 Å². The molecule has 0 heterocycles. The summed E-state index contributed by atoms with van der Waals surface area (Å²) in [6, 6.07) is 8.81. The fourth-order valence-corrected chi connectivity index (χ4v) is 4.88. The van der Waals surface area contributed by atoms with E-state index >= 15 is 0 Å². The number of thiocarbonyl (C=S) groups is 2. The van der Waals surface area contributed by atoms with Crippen molar-refractivity contribution >= 4 is 56.6 Å². The van der Waals surface area contributed by atoms with E-state index in [2.05, 4.69) is 61.8 Å². The summed E-state index contributed by atoms with van der Waals surface area (Å²) < 4.78 is 1.98. The largest absolute Gasteiger partial charge is 0.358 e. The SMILES string of the molecule is CCN(CC)C(=S)SCc1ccc(CSC(=S)N(CC)CC)cc1. The van der Waals surface area contributed by atoms with Crippen LogP contribution in [0.15, 0.2) is 24.3 Å². The lowest BCUT2D eigenvalue weighted by atomic mass is 10.2. The number of rotatable bonds is 8. The van der Waals surface area contributed by atoms with E-state index in [0.29, 0.717) is 0 Å². The molecule has 0 bridgehead atoms. The van der Waals surface area contributed by atoms with Crippen LogP contribution in [0.1, 0.15) is 38.8 Å². The molecule has 0 N–H and O–H groups in total. The van der Waals surface area contributed by atoms with Crippen molar-refractivity contribution in [1.29, 1.82) is 0 Å². The monoisotopic (exact) mass is 400 g/mol. The fraction of sp³-hybridized carbons (Fsp3) is 0.556. The Morgan fingerprint density at radius 2 is 1.00 bits per heavy atom. The zero-order valence-electron chi connectivity index (χ0n) is 15.1. The molecule has 1 aromatic carbocycles. The first-order chi connectivity index (χ1) is 11.5.